The van der Waals surface area contributed by atoms with Crippen molar-refractivity contribution in [2.24, 2.45) is 0 Å². The maximum Gasteiger partial charge on any atom is 0.226 e. The molecule has 0 amide bonds. The first-order chi connectivity index (χ1) is 10.3. The Kier molecular flexibility index (Phi) is 2.60. The Morgan fingerprint density at radius 2 is 2.05 bits per heavy atom. The molecule has 1 N–H and O–H groups in total. The second kappa shape index (κ2) is 4.59. The highest BCUT2D eigenvalue weighted by Crippen LogP contribution is 2.31. The van der Waals surface area contributed by atoms with Crippen molar-refractivity contribution < 1.29 is 8.81 Å². The first-order valence-electron chi connectivity index (χ1n) is 6.49. The van der Waals surface area contributed by atoms with Crippen LogP contribution in [-0.2, 0) is 0 Å². The molecular weight excluding hydrogens is 271 g/mol. The lowest BCUT2D eigenvalue weighted by atomic mass is 10.1. The number of nitrogens with one attached hydrogen (secondary N) is 1. The van der Waals surface area contributed by atoms with E-state index in [1.54, 1.807) is 23.1 Å². The Morgan fingerprint density at radius 1 is 1.19 bits per heavy atom. The first-order valence-corrected chi connectivity index (χ1v) is 6.49. The molecule has 0 bridgehead atoms. The fourth-order valence-corrected chi connectivity index (χ4v) is 2.39. The summed E-state index contributed by atoms with van der Waals surface area (Å²) >= 11 is 0. The van der Waals surface area contributed by atoms with Gasteiger partial charge >= 0.3 is 0 Å². The second-order valence-electron chi connectivity index (χ2n) is 4.70. The summed E-state index contributed by atoms with van der Waals surface area (Å²) in [5.41, 5.74) is 1.72. The van der Waals surface area contributed by atoms with Crippen LogP contribution in [0.25, 0.3) is 5.70 Å². The summed E-state index contributed by atoms with van der Waals surface area (Å²) in [5.74, 6) is 1.13. The van der Waals surface area contributed by atoms with Crippen molar-refractivity contribution in [3.63, 3.8) is 0 Å². The van der Waals surface area contributed by atoms with E-state index in [1.165, 1.54) is 18.5 Å². The van der Waals surface area contributed by atoms with Gasteiger partial charge in [0.05, 0.1) is 6.26 Å². The standard InChI is InChI=1S/C15H11FN4O/c16-11-5-3-10(4-6-11)12-8-13(14-2-1-7-21-14)20-15(19-12)17-9-18-20/h1-9,13H,(H,17,18,19)/t13-/m0/s1. The van der Waals surface area contributed by atoms with Gasteiger partial charge in [-0.3, -0.25) is 0 Å². The summed E-state index contributed by atoms with van der Waals surface area (Å²) in [6.07, 6.45) is 5.09. The zero-order valence-corrected chi connectivity index (χ0v) is 10.9. The lowest BCUT2D eigenvalue weighted by Gasteiger charge is -2.22. The summed E-state index contributed by atoms with van der Waals surface area (Å²) in [6, 6.07) is 9.84. The predicted molar refractivity (Wildman–Crippen MR) is 74.9 cm³/mol. The number of rotatable bonds is 2. The highest BCUT2D eigenvalue weighted by Gasteiger charge is 2.25. The molecule has 1 aliphatic rings. The molecule has 0 radical (unpaired) electrons. The van der Waals surface area contributed by atoms with Crippen molar-refractivity contribution in [2.75, 3.05) is 5.32 Å². The number of furan rings is 1. The smallest absolute Gasteiger partial charge is 0.226 e. The summed E-state index contributed by atoms with van der Waals surface area (Å²) in [4.78, 5) is 4.19. The molecule has 0 saturated carbocycles. The molecule has 2 aromatic heterocycles. The molecule has 0 unspecified atom stereocenters. The van der Waals surface area contributed by atoms with E-state index in [1.807, 2.05) is 18.2 Å². The van der Waals surface area contributed by atoms with E-state index in [0.717, 1.165) is 17.0 Å². The molecule has 1 aliphatic heterocycles. The van der Waals surface area contributed by atoms with E-state index in [2.05, 4.69) is 15.4 Å². The van der Waals surface area contributed by atoms with Gasteiger partial charge in [0.15, 0.2) is 0 Å². The number of nitrogens with zero attached hydrogens (tertiary/aromatic N) is 3. The number of anilines is 1. The first kappa shape index (κ1) is 11.9. The predicted octanol–water partition coefficient (Wildman–Crippen LogP) is 3.07. The Balaban J connectivity index is 1.80. The number of hydrogen-bond donors (Lipinski definition) is 1. The van der Waals surface area contributed by atoms with Crippen molar-refractivity contribution >= 4 is 11.6 Å². The molecule has 6 heteroatoms. The Hall–Kier alpha value is -2.89. The molecule has 0 saturated heterocycles. The molecule has 0 fully saturated rings. The highest BCUT2D eigenvalue weighted by atomic mass is 19.1. The molecule has 104 valence electrons. The van der Waals surface area contributed by atoms with Gasteiger partial charge in [-0.05, 0) is 48.0 Å². The minimum absolute atomic E-state index is 0.182. The molecule has 4 rings (SSSR count). The second-order valence-corrected chi connectivity index (χ2v) is 4.70. The Labute approximate surface area is 119 Å². The van der Waals surface area contributed by atoms with Crippen LogP contribution in [-0.4, -0.2) is 14.8 Å². The van der Waals surface area contributed by atoms with Crippen molar-refractivity contribution in [3.05, 3.63) is 72.2 Å². The molecular formula is C15H11FN4O. The number of benzene rings is 1. The molecule has 5 nitrogen and oxygen atoms in total. The van der Waals surface area contributed by atoms with Crippen LogP contribution in [0.1, 0.15) is 17.4 Å². The fraction of sp³-hybridized carbons (Fsp3) is 0.0667. The van der Waals surface area contributed by atoms with E-state index in [9.17, 15) is 4.39 Å². The number of halogens is 1. The fourth-order valence-electron chi connectivity index (χ4n) is 2.39. The van der Waals surface area contributed by atoms with Crippen LogP contribution in [0.4, 0.5) is 10.3 Å². The van der Waals surface area contributed by atoms with Gasteiger partial charge in [0.1, 0.15) is 23.9 Å². The van der Waals surface area contributed by atoms with Gasteiger partial charge in [-0.25, -0.2) is 9.07 Å². The van der Waals surface area contributed by atoms with E-state index in [4.69, 9.17) is 4.42 Å². The number of hydrogen-bond acceptors (Lipinski definition) is 4. The monoisotopic (exact) mass is 282 g/mol. The van der Waals surface area contributed by atoms with Gasteiger partial charge in [0, 0.05) is 5.70 Å². The molecule has 21 heavy (non-hydrogen) atoms. The summed E-state index contributed by atoms with van der Waals surface area (Å²) in [7, 11) is 0. The normalized spacial score (nSPS) is 17.0. The van der Waals surface area contributed by atoms with Crippen molar-refractivity contribution in [3.8, 4) is 0 Å². The third-order valence-corrected chi connectivity index (χ3v) is 3.40. The zero-order chi connectivity index (χ0) is 14.2. The molecule has 3 aromatic rings. The summed E-state index contributed by atoms with van der Waals surface area (Å²) in [6.45, 7) is 0. The molecule has 1 aromatic carbocycles. The van der Waals surface area contributed by atoms with E-state index in [-0.39, 0.29) is 11.9 Å². The topological polar surface area (TPSA) is 55.9 Å². The van der Waals surface area contributed by atoms with Crippen LogP contribution < -0.4 is 5.32 Å². The third kappa shape index (κ3) is 2.01. The minimum Gasteiger partial charge on any atom is -0.467 e. The Bertz CT molecular complexity index is 789. The quantitative estimate of drug-likeness (QED) is 0.784. The maximum atomic E-state index is 13.1. The lowest BCUT2D eigenvalue weighted by Crippen LogP contribution is -2.19. The SMILES string of the molecule is Fc1ccc(C2=C[C@@H](c3ccco3)n3ncnc3N2)cc1. The number of allylic oxidation sites excluding steroid dienone is 1. The van der Waals surface area contributed by atoms with Crippen LogP contribution >= 0.6 is 0 Å². The molecule has 3 heterocycles. The van der Waals surface area contributed by atoms with E-state index in [0.29, 0.717) is 5.95 Å². The van der Waals surface area contributed by atoms with Crippen LogP contribution in [0.2, 0.25) is 0 Å². The van der Waals surface area contributed by atoms with Crippen LogP contribution in [0.3, 0.4) is 0 Å². The largest absolute Gasteiger partial charge is 0.467 e. The van der Waals surface area contributed by atoms with E-state index >= 15 is 0 Å². The van der Waals surface area contributed by atoms with Gasteiger partial charge in [0.25, 0.3) is 0 Å². The van der Waals surface area contributed by atoms with Gasteiger partial charge in [-0.15, -0.1) is 0 Å². The van der Waals surface area contributed by atoms with Crippen molar-refractivity contribution in [1.82, 2.24) is 14.8 Å². The number of fused-ring (bicyclic) bond motifs is 1. The lowest BCUT2D eigenvalue weighted by molar-refractivity contribution is 0.448. The van der Waals surface area contributed by atoms with Gasteiger partial charge in [-0.2, -0.15) is 10.1 Å². The molecule has 0 aliphatic carbocycles. The van der Waals surface area contributed by atoms with Crippen molar-refractivity contribution in [2.45, 2.75) is 6.04 Å². The third-order valence-electron chi connectivity index (χ3n) is 3.40. The number of aromatic nitrogens is 3. The molecule has 1 atom stereocenters. The van der Waals surface area contributed by atoms with E-state index < -0.39 is 0 Å². The molecule has 0 spiro atoms. The van der Waals surface area contributed by atoms with Gasteiger partial charge < -0.3 is 9.73 Å². The van der Waals surface area contributed by atoms with Crippen LogP contribution in [0, 0.1) is 5.82 Å². The summed E-state index contributed by atoms with van der Waals surface area (Å²) in [5, 5.41) is 7.41. The highest BCUT2D eigenvalue weighted by molar-refractivity contribution is 5.76. The van der Waals surface area contributed by atoms with Crippen LogP contribution in [0.5, 0.6) is 0 Å². The van der Waals surface area contributed by atoms with Crippen molar-refractivity contribution in [1.29, 1.82) is 0 Å². The maximum absolute atomic E-state index is 13.1. The average Bonchev–Trinajstić information content (AvgIpc) is 3.18. The summed E-state index contributed by atoms with van der Waals surface area (Å²) < 4.78 is 20.3. The van der Waals surface area contributed by atoms with Gasteiger partial charge in [0.2, 0.25) is 5.95 Å². The Morgan fingerprint density at radius 3 is 2.81 bits per heavy atom. The van der Waals surface area contributed by atoms with Gasteiger partial charge in [-0.1, -0.05) is 0 Å². The minimum atomic E-state index is -0.263. The zero-order valence-electron chi connectivity index (χ0n) is 10.9. The van der Waals surface area contributed by atoms with Crippen LogP contribution in [0.15, 0.2) is 59.5 Å². The average molecular weight is 282 g/mol.